The van der Waals surface area contributed by atoms with Crippen LogP contribution in [0.3, 0.4) is 0 Å². The molecule has 0 bridgehead atoms. The molecule has 0 fully saturated rings. The van der Waals surface area contributed by atoms with E-state index in [4.69, 9.17) is 11.4 Å². The van der Waals surface area contributed by atoms with Gasteiger partial charge in [-0.15, -0.1) is 0 Å². The van der Waals surface area contributed by atoms with Crippen LogP contribution in [0.15, 0.2) is 36.5 Å². The molecule has 0 aliphatic rings. The van der Waals surface area contributed by atoms with Crippen LogP contribution >= 0.6 is 0 Å². The van der Waals surface area contributed by atoms with Crippen molar-refractivity contribution in [2.75, 3.05) is 0 Å². The number of carbonyl (C=O) groups is 3. The monoisotopic (exact) mass is 450 g/mol. The smallest absolute Gasteiger partial charge is 0.547 e. The van der Waals surface area contributed by atoms with E-state index in [9.17, 15) is 14.4 Å². The molecule has 0 saturated carbocycles. The first-order chi connectivity index (χ1) is 14.8. The number of unbranched alkanes of at least 4 members (excludes halogenated alkanes) is 6. The second kappa shape index (κ2) is 17.8. The van der Waals surface area contributed by atoms with Crippen molar-refractivity contribution in [3.05, 3.63) is 36.5 Å². The molecule has 0 unspecified atom stereocenters. The number of hydrogen-bond acceptors (Lipinski definition) is 6. The molecule has 7 heteroatoms. The second-order valence-electron chi connectivity index (χ2n) is 7.69. The minimum absolute atomic E-state index is 0.265. The Morgan fingerprint density at radius 3 is 1.03 bits per heavy atom. The third-order valence-corrected chi connectivity index (χ3v) is 5.94. The molecule has 0 amide bonds. The Balaban J connectivity index is 5.02. The molecule has 0 radical (unpaired) electrons. The lowest BCUT2D eigenvalue weighted by Crippen LogP contribution is -2.36. The van der Waals surface area contributed by atoms with E-state index in [2.05, 4.69) is 40.5 Å². The summed E-state index contributed by atoms with van der Waals surface area (Å²) in [6.45, 7) is 17.4. The van der Waals surface area contributed by atoms with E-state index in [-0.39, 0.29) is 16.7 Å². The Morgan fingerprint density at radius 1 is 0.548 bits per heavy atom. The Hall–Kier alpha value is -1.84. The van der Waals surface area contributed by atoms with Crippen LogP contribution in [0.25, 0.3) is 0 Å². The summed E-state index contributed by atoms with van der Waals surface area (Å²) in [5, 5.41) is 0. The van der Waals surface area contributed by atoms with Gasteiger partial charge in [-0.25, -0.2) is 0 Å². The number of carbonyl (C=O) groups excluding carboxylic acids is 3. The molecule has 0 aromatic carbocycles. The average molecular weight is 451 g/mol. The van der Waals surface area contributed by atoms with Crippen LogP contribution in [0.1, 0.15) is 97.8 Å². The van der Waals surface area contributed by atoms with Crippen molar-refractivity contribution in [1.82, 2.24) is 0 Å². The summed E-state index contributed by atoms with van der Waals surface area (Å²) in [5.41, 5.74) is 0.796. The molecular weight excluding hydrogens is 411 g/mol. The van der Waals surface area contributed by atoms with Crippen molar-refractivity contribution < 1.29 is 25.7 Å². The highest BCUT2D eigenvalue weighted by molar-refractivity contribution is 6.45. The molecule has 0 saturated heterocycles. The van der Waals surface area contributed by atoms with Gasteiger partial charge in [0.15, 0.2) is 0 Å². The minimum Gasteiger partial charge on any atom is -0.547 e. The zero-order valence-corrected chi connectivity index (χ0v) is 20.8. The maximum Gasteiger partial charge on any atom is 1.20 e. The van der Waals surface area contributed by atoms with E-state index < -0.39 is 33.1 Å². The molecule has 0 heterocycles. The Kier molecular flexibility index (Phi) is 16.7. The first-order valence-electron chi connectivity index (χ1n) is 11.4. The molecule has 0 atom stereocenters. The lowest BCUT2D eigenvalue weighted by atomic mass is 10.1. The molecule has 0 rings (SSSR count). The van der Waals surface area contributed by atoms with Gasteiger partial charge in [0.05, 0.1) is 0 Å². The van der Waals surface area contributed by atoms with E-state index in [0.717, 1.165) is 57.8 Å². The largest absolute Gasteiger partial charge is 1.20 e. The predicted molar refractivity (Wildman–Crippen MR) is 124 cm³/mol. The van der Waals surface area contributed by atoms with Crippen molar-refractivity contribution in [3.8, 4) is 0 Å². The summed E-state index contributed by atoms with van der Waals surface area (Å²) in [6, 6.07) is 0. The van der Waals surface area contributed by atoms with Gasteiger partial charge in [-0.3, -0.25) is 14.4 Å². The van der Waals surface area contributed by atoms with Crippen molar-refractivity contribution in [1.29, 1.82) is 0 Å². The molecule has 174 valence electrons. The maximum atomic E-state index is 12.4. The Morgan fingerprint density at radius 2 is 0.806 bits per heavy atom. The standard InChI is InChI=1S/3C8H14O2.Al/c3*1-3-4-5-6-7(2)8(9)10;/h3*2-6H2,1H3,(H,9,10);/q;;;+3/p-3. The van der Waals surface area contributed by atoms with Gasteiger partial charge >= 0.3 is 33.1 Å². The fourth-order valence-corrected chi connectivity index (χ4v) is 3.82. The molecule has 0 spiro atoms. The Labute approximate surface area is 193 Å². The van der Waals surface area contributed by atoms with Gasteiger partial charge in [0.1, 0.15) is 0 Å². The number of hydrogen-bond donors (Lipinski definition) is 0. The SMILES string of the molecule is C=C(CCCCC)C(=O)[O][Al]([O]C(=O)C(=C)CCCCC)[O]C(=O)C(=C)CCCCC. The summed E-state index contributed by atoms with van der Waals surface area (Å²) >= 11 is -3.43. The third-order valence-electron chi connectivity index (χ3n) is 4.72. The van der Waals surface area contributed by atoms with Gasteiger partial charge in [0.25, 0.3) is 0 Å². The summed E-state index contributed by atoms with van der Waals surface area (Å²) in [6.07, 6.45) is 9.76. The van der Waals surface area contributed by atoms with Crippen LogP contribution in [-0.4, -0.2) is 33.1 Å². The van der Waals surface area contributed by atoms with E-state index in [0.29, 0.717) is 19.3 Å². The Bertz CT molecular complexity index is 540. The van der Waals surface area contributed by atoms with Gasteiger partial charge in [-0.05, 0) is 38.5 Å². The van der Waals surface area contributed by atoms with Crippen LogP contribution in [0.4, 0.5) is 0 Å². The lowest BCUT2D eigenvalue weighted by molar-refractivity contribution is -0.143. The van der Waals surface area contributed by atoms with Crippen molar-refractivity contribution in [3.63, 3.8) is 0 Å². The normalized spacial score (nSPS) is 10.2. The van der Waals surface area contributed by atoms with Crippen LogP contribution in [0.2, 0.25) is 0 Å². The van der Waals surface area contributed by atoms with Crippen LogP contribution in [-0.2, 0) is 25.7 Å². The van der Waals surface area contributed by atoms with E-state index in [1.54, 1.807) is 0 Å². The second-order valence-corrected chi connectivity index (χ2v) is 8.97. The van der Waals surface area contributed by atoms with Crippen molar-refractivity contribution in [2.45, 2.75) is 97.8 Å². The van der Waals surface area contributed by atoms with Gasteiger partial charge < -0.3 is 11.4 Å². The first-order valence-corrected chi connectivity index (χ1v) is 12.8. The van der Waals surface area contributed by atoms with Crippen molar-refractivity contribution >= 4 is 33.1 Å². The van der Waals surface area contributed by atoms with Crippen LogP contribution < -0.4 is 0 Å². The summed E-state index contributed by atoms with van der Waals surface area (Å²) in [5.74, 6) is -2.12. The van der Waals surface area contributed by atoms with E-state index in [1.165, 1.54) is 0 Å². The molecule has 0 aliphatic carbocycles. The van der Waals surface area contributed by atoms with E-state index in [1.807, 2.05) is 0 Å². The van der Waals surface area contributed by atoms with Gasteiger partial charge in [0, 0.05) is 16.7 Å². The zero-order valence-electron chi connectivity index (χ0n) is 19.6. The highest BCUT2D eigenvalue weighted by atomic mass is 27.3. The van der Waals surface area contributed by atoms with Gasteiger partial charge in [-0.2, -0.15) is 0 Å². The minimum atomic E-state index is -3.43. The average Bonchev–Trinajstić information content (AvgIpc) is 2.73. The molecule has 0 aromatic rings. The van der Waals surface area contributed by atoms with Crippen molar-refractivity contribution in [2.24, 2.45) is 0 Å². The van der Waals surface area contributed by atoms with Gasteiger partial charge in [0.2, 0.25) is 0 Å². The predicted octanol–water partition coefficient (Wildman–Crippen LogP) is 6.01. The van der Waals surface area contributed by atoms with Crippen LogP contribution in [0, 0.1) is 0 Å². The summed E-state index contributed by atoms with van der Waals surface area (Å²) in [7, 11) is 0. The molecule has 0 aromatic heterocycles. The third kappa shape index (κ3) is 14.0. The van der Waals surface area contributed by atoms with Crippen LogP contribution in [0.5, 0.6) is 0 Å². The quantitative estimate of drug-likeness (QED) is 0.145. The molecule has 6 nitrogen and oxygen atoms in total. The fourth-order valence-electron chi connectivity index (χ4n) is 2.66. The first kappa shape index (κ1) is 29.2. The highest BCUT2D eigenvalue weighted by Gasteiger charge is 2.49. The molecule has 0 N–H and O–H groups in total. The molecule has 31 heavy (non-hydrogen) atoms. The summed E-state index contributed by atoms with van der Waals surface area (Å²) < 4.78 is 15.8. The van der Waals surface area contributed by atoms with Gasteiger partial charge in [-0.1, -0.05) is 79.0 Å². The summed E-state index contributed by atoms with van der Waals surface area (Å²) in [4.78, 5) is 37.1. The molecule has 0 aliphatic heterocycles. The lowest BCUT2D eigenvalue weighted by Gasteiger charge is -2.16. The zero-order chi connectivity index (χ0) is 23.6. The molecular formula is C24H39AlO6. The maximum absolute atomic E-state index is 12.4. The topological polar surface area (TPSA) is 78.9 Å². The fraction of sp³-hybridized carbons (Fsp3) is 0.625. The highest BCUT2D eigenvalue weighted by Crippen LogP contribution is 2.15. The van der Waals surface area contributed by atoms with E-state index >= 15 is 0 Å². The number of rotatable bonds is 18.